The smallest absolute Gasteiger partial charge is 0.0787 e. The molecule has 0 radical (unpaired) electrons. The minimum Gasteiger partial charge on any atom is -0.388 e. The zero-order valence-electron chi connectivity index (χ0n) is 6.51. The molecule has 0 bridgehead atoms. The van der Waals surface area contributed by atoms with Gasteiger partial charge in [0, 0.05) is 13.6 Å². The fraction of sp³-hybridized carbons (Fsp3) is 1.00. The van der Waals surface area contributed by atoms with Gasteiger partial charge in [0.2, 0.25) is 0 Å². The van der Waals surface area contributed by atoms with Crippen molar-refractivity contribution in [3.05, 3.63) is 0 Å². The number of hydrogen-bond acceptors (Lipinski definition) is 3. The minimum atomic E-state index is -0.483. The maximum atomic E-state index is 9.74. The summed E-state index contributed by atoms with van der Waals surface area (Å²) in [5.74, 6) is 5.43. The summed E-state index contributed by atoms with van der Waals surface area (Å²) in [6.07, 6.45) is 4.11. The molecule has 0 amide bonds. The number of hydrazine groups is 1. The van der Waals surface area contributed by atoms with Crippen molar-refractivity contribution in [2.45, 2.75) is 31.3 Å². The van der Waals surface area contributed by atoms with Crippen LogP contribution in [0.1, 0.15) is 25.7 Å². The summed E-state index contributed by atoms with van der Waals surface area (Å²) in [6.45, 7) is 0.604. The van der Waals surface area contributed by atoms with Crippen LogP contribution in [0.2, 0.25) is 0 Å². The van der Waals surface area contributed by atoms with Crippen molar-refractivity contribution in [1.82, 2.24) is 5.01 Å². The highest BCUT2D eigenvalue weighted by atomic mass is 16.3. The summed E-state index contributed by atoms with van der Waals surface area (Å²) in [7, 11) is 1.79. The van der Waals surface area contributed by atoms with Gasteiger partial charge in [-0.3, -0.25) is 5.84 Å². The summed E-state index contributed by atoms with van der Waals surface area (Å²) in [4.78, 5) is 0. The fourth-order valence-corrected chi connectivity index (χ4v) is 1.66. The van der Waals surface area contributed by atoms with Crippen LogP contribution in [0.4, 0.5) is 0 Å². The lowest BCUT2D eigenvalue weighted by molar-refractivity contribution is 0.0163. The number of nitrogens with zero attached hydrogens (tertiary/aromatic N) is 1. The molecule has 1 fully saturated rings. The summed E-state index contributed by atoms with van der Waals surface area (Å²) in [5.41, 5.74) is -0.483. The van der Waals surface area contributed by atoms with E-state index in [4.69, 9.17) is 5.84 Å². The molecule has 3 heteroatoms. The van der Waals surface area contributed by atoms with Crippen LogP contribution in [0.15, 0.2) is 0 Å². The SMILES string of the molecule is CN(N)CC1(O)CCCC1. The van der Waals surface area contributed by atoms with Crippen LogP contribution in [0.5, 0.6) is 0 Å². The zero-order chi connectivity index (χ0) is 7.61. The van der Waals surface area contributed by atoms with Gasteiger partial charge in [-0.2, -0.15) is 0 Å². The second-order valence-electron chi connectivity index (χ2n) is 3.35. The van der Waals surface area contributed by atoms with Gasteiger partial charge < -0.3 is 5.11 Å². The Kier molecular flexibility index (Phi) is 2.28. The van der Waals surface area contributed by atoms with Gasteiger partial charge >= 0.3 is 0 Å². The molecular weight excluding hydrogens is 128 g/mol. The van der Waals surface area contributed by atoms with Crippen LogP contribution in [0.25, 0.3) is 0 Å². The maximum absolute atomic E-state index is 9.74. The number of rotatable bonds is 2. The lowest BCUT2D eigenvalue weighted by Crippen LogP contribution is -2.42. The quantitative estimate of drug-likeness (QED) is 0.427. The van der Waals surface area contributed by atoms with Gasteiger partial charge in [0.1, 0.15) is 0 Å². The number of likely N-dealkylation sites (N-methyl/N-ethyl adjacent to an activating group) is 1. The van der Waals surface area contributed by atoms with E-state index >= 15 is 0 Å². The molecule has 0 spiro atoms. The van der Waals surface area contributed by atoms with E-state index in [0.717, 1.165) is 25.7 Å². The number of aliphatic hydroxyl groups is 1. The third-order valence-electron chi connectivity index (χ3n) is 2.08. The Balaban J connectivity index is 2.36. The van der Waals surface area contributed by atoms with Crippen molar-refractivity contribution < 1.29 is 5.11 Å². The second kappa shape index (κ2) is 2.86. The summed E-state index contributed by atoms with van der Waals surface area (Å²) in [5, 5.41) is 11.3. The van der Waals surface area contributed by atoms with Crippen LogP contribution in [0, 0.1) is 0 Å². The molecule has 60 valence electrons. The molecule has 1 saturated carbocycles. The monoisotopic (exact) mass is 144 g/mol. The van der Waals surface area contributed by atoms with Gasteiger partial charge in [-0.1, -0.05) is 12.8 Å². The number of hydrogen-bond donors (Lipinski definition) is 2. The van der Waals surface area contributed by atoms with Crippen molar-refractivity contribution in [1.29, 1.82) is 0 Å². The molecule has 1 rings (SSSR count). The van der Waals surface area contributed by atoms with Gasteiger partial charge in [0.25, 0.3) is 0 Å². The average Bonchev–Trinajstić information content (AvgIpc) is 2.12. The van der Waals surface area contributed by atoms with Crippen LogP contribution < -0.4 is 5.84 Å². The van der Waals surface area contributed by atoms with E-state index in [1.54, 1.807) is 12.1 Å². The molecule has 0 saturated heterocycles. The lowest BCUT2D eigenvalue weighted by atomic mass is 10.0. The minimum absolute atomic E-state index is 0.483. The third kappa shape index (κ3) is 1.94. The Morgan fingerprint density at radius 2 is 2.00 bits per heavy atom. The zero-order valence-corrected chi connectivity index (χ0v) is 6.51. The Bertz CT molecular complexity index is 108. The Labute approximate surface area is 61.8 Å². The molecule has 3 nitrogen and oxygen atoms in total. The average molecular weight is 144 g/mol. The Morgan fingerprint density at radius 1 is 1.50 bits per heavy atom. The largest absolute Gasteiger partial charge is 0.388 e. The molecule has 1 aliphatic rings. The fourth-order valence-electron chi connectivity index (χ4n) is 1.66. The van der Waals surface area contributed by atoms with Crippen molar-refractivity contribution in [3.8, 4) is 0 Å². The summed E-state index contributed by atoms with van der Waals surface area (Å²) < 4.78 is 0. The van der Waals surface area contributed by atoms with Crippen molar-refractivity contribution >= 4 is 0 Å². The molecule has 10 heavy (non-hydrogen) atoms. The van der Waals surface area contributed by atoms with Gasteiger partial charge in [-0.15, -0.1) is 0 Å². The molecule has 0 aromatic carbocycles. The van der Waals surface area contributed by atoms with Crippen LogP contribution in [0.3, 0.4) is 0 Å². The van der Waals surface area contributed by atoms with E-state index in [2.05, 4.69) is 0 Å². The van der Waals surface area contributed by atoms with E-state index in [9.17, 15) is 5.11 Å². The molecule has 0 aliphatic heterocycles. The highest BCUT2D eigenvalue weighted by Gasteiger charge is 2.31. The first-order chi connectivity index (χ1) is 4.62. The standard InChI is InChI=1S/C7H16N2O/c1-9(8)6-7(10)4-2-3-5-7/h10H,2-6,8H2,1H3. The molecule has 0 aromatic rings. The first kappa shape index (κ1) is 7.98. The molecule has 0 atom stereocenters. The molecule has 3 N–H and O–H groups in total. The molecule has 1 aliphatic carbocycles. The van der Waals surface area contributed by atoms with E-state index in [1.807, 2.05) is 0 Å². The Morgan fingerprint density at radius 3 is 2.40 bits per heavy atom. The Hall–Kier alpha value is -0.120. The van der Waals surface area contributed by atoms with Crippen LogP contribution in [-0.2, 0) is 0 Å². The molecule has 0 unspecified atom stereocenters. The summed E-state index contributed by atoms with van der Waals surface area (Å²) in [6, 6.07) is 0. The lowest BCUT2D eigenvalue weighted by Gasteiger charge is -2.25. The van der Waals surface area contributed by atoms with E-state index in [0.29, 0.717) is 6.54 Å². The number of nitrogens with two attached hydrogens (primary N) is 1. The second-order valence-corrected chi connectivity index (χ2v) is 3.35. The molecule has 0 heterocycles. The first-order valence-electron chi connectivity index (χ1n) is 3.81. The summed E-state index contributed by atoms with van der Waals surface area (Å²) >= 11 is 0. The highest BCUT2D eigenvalue weighted by molar-refractivity contribution is 4.85. The molecular formula is C7H16N2O. The molecule has 0 aromatic heterocycles. The van der Waals surface area contributed by atoms with Crippen molar-refractivity contribution in [2.24, 2.45) is 5.84 Å². The maximum Gasteiger partial charge on any atom is 0.0787 e. The van der Waals surface area contributed by atoms with Crippen LogP contribution in [-0.4, -0.2) is 29.3 Å². The van der Waals surface area contributed by atoms with E-state index < -0.39 is 5.60 Å². The predicted octanol–water partition coefficient (Wildman–Crippen LogP) is 0.0970. The van der Waals surface area contributed by atoms with E-state index in [1.165, 1.54) is 0 Å². The first-order valence-corrected chi connectivity index (χ1v) is 3.81. The topological polar surface area (TPSA) is 49.5 Å². The predicted molar refractivity (Wildman–Crippen MR) is 40.2 cm³/mol. The van der Waals surface area contributed by atoms with Crippen molar-refractivity contribution in [2.75, 3.05) is 13.6 Å². The normalized spacial score (nSPS) is 24.0. The van der Waals surface area contributed by atoms with Gasteiger partial charge in [-0.25, -0.2) is 5.01 Å². The van der Waals surface area contributed by atoms with Gasteiger partial charge in [0.05, 0.1) is 5.60 Å². The highest BCUT2D eigenvalue weighted by Crippen LogP contribution is 2.29. The third-order valence-corrected chi connectivity index (χ3v) is 2.08. The van der Waals surface area contributed by atoms with Gasteiger partial charge in [-0.05, 0) is 12.8 Å². The van der Waals surface area contributed by atoms with Crippen molar-refractivity contribution in [3.63, 3.8) is 0 Å². The van der Waals surface area contributed by atoms with Crippen LogP contribution >= 0.6 is 0 Å². The van der Waals surface area contributed by atoms with E-state index in [-0.39, 0.29) is 0 Å². The van der Waals surface area contributed by atoms with Gasteiger partial charge in [0.15, 0.2) is 0 Å².